The van der Waals surface area contributed by atoms with Crippen LogP contribution in [0.3, 0.4) is 0 Å². The Morgan fingerprint density at radius 2 is 1.89 bits per heavy atom. The minimum Gasteiger partial charge on any atom is -0.459 e. The molecular formula is C18H14BrF2N3O3. The van der Waals surface area contributed by atoms with Crippen molar-refractivity contribution in [1.82, 2.24) is 14.5 Å². The molecule has 3 heterocycles. The number of aromatic nitrogens is 3. The normalized spacial score (nSPS) is 12.1. The zero-order chi connectivity index (χ0) is 19.7. The van der Waals surface area contributed by atoms with Gasteiger partial charge in [0.2, 0.25) is 6.29 Å². The lowest BCUT2D eigenvalue weighted by Gasteiger charge is -2.17. The zero-order valence-corrected chi connectivity index (χ0v) is 15.9. The molecule has 0 aliphatic rings. The number of aliphatic hydroxyl groups excluding tert-OH is 1. The van der Waals surface area contributed by atoms with Gasteiger partial charge >= 0.3 is 0 Å². The van der Waals surface area contributed by atoms with Crippen LogP contribution >= 0.6 is 15.9 Å². The number of halogens is 3. The second kappa shape index (κ2) is 7.53. The molecule has 1 atom stereocenters. The molecule has 0 aliphatic heterocycles. The van der Waals surface area contributed by atoms with Crippen LogP contribution in [0.5, 0.6) is 5.75 Å². The molecule has 1 unspecified atom stereocenters. The standard InChI is InChI=1S/C18H14BrF2N3O3/c1-9-7-22-15(19)6-14(9)24-10(2)3-12(5-16(24)25)27-18(26)17-13(21)4-11(20)8-23-17/h3-8,18,26H,1-2H3. The van der Waals surface area contributed by atoms with Crippen LogP contribution in [0.4, 0.5) is 8.78 Å². The van der Waals surface area contributed by atoms with Gasteiger partial charge in [0.1, 0.15) is 21.9 Å². The van der Waals surface area contributed by atoms with E-state index in [0.29, 0.717) is 22.1 Å². The van der Waals surface area contributed by atoms with Crippen LogP contribution in [0.1, 0.15) is 23.2 Å². The maximum atomic E-state index is 13.7. The third kappa shape index (κ3) is 4.04. The van der Waals surface area contributed by atoms with E-state index >= 15 is 0 Å². The van der Waals surface area contributed by atoms with Crippen molar-refractivity contribution < 1.29 is 18.6 Å². The molecule has 0 saturated heterocycles. The Morgan fingerprint density at radius 3 is 2.56 bits per heavy atom. The van der Waals surface area contributed by atoms with Gasteiger partial charge in [0.15, 0.2) is 5.82 Å². The smallest absolute Gasteiger partial charge is 0.259 e. The van der Waals surface area contributed by atoms with E-state index in [4.69, 9.17) is 4.74 Å². The van der Waals surface area contributed by atoms with E-state index in [1.165, 1.54) is 10.6 Å². The van der Waals surface area contributed by atoms with Crippen molar-refractivity contribution in [2.75, 3.05) is 0 Å². The van der Waals surface area contributed by atoms with Crippen molar-refractivity contribution in [1.29, 1.82) is 0 Å². The average Bonchev–Trinajstić information content (AvgIpc) is 2.57. The highest BCUT2D eigenvalue weighted by molar-refractivity contribution is 9.10. The number of ether oxygens (including phenoxy) is 1. The highest BCUT2D eigenvalue weighted by Crippen LogP contribution is 2.23. The van der Waals surface area contributed by atoms with Crippen molar-refractivity contribution in [2.24, 2.45) is 0 Å². The van der Waals surface area contributed by atoms with E-state index < -0.39 is 29.2 Å². The molecule has 0 bridgehead atoms. The van der Waals surface area contributed by atoms with Crippen LogP contribution in [-0.2, 0) is 0 Å². The molecule has 0 aromatic carbocycles. The van der Waals surface area contributed by atoms with Gasteiger partial charge in [-0.05, 0) is 41.4 Å². The van der Waals surface area contributed by atoms with Gasteiger partial charge < -0.3 is 9.84 Å². The van der Waals surface area contributed by atoms with E-state index in [9.17, 15) is 18.7 Å². The van der Waals surface area contributed by atoms with Crippen molar-refractivity contribution in [2.45, 2.75) is 20.1 Å². The molecule has 140 valence electrons. The third-order valence-corrected chi connectivity index (χ3v) is 4.22. The monoisotopic (exact) mass is 437 g/mol. The van der Waals surface area contributed by atoms with Crippen LogP contribution in [0.15, 0.2) is 46.1 Å². The first-order valence-electron chi connectivity index (χ1n) is 7.78. The van der Waals surface area contributed by atoms with E-state index in [2.05, 4.69) is 25.9 Å². The predicted molar refractivity (Wildman–Crippen MR) is 96.7 cm³/mol. The summed E-state index contributed by atoms with van der Waals surface area (Å²) in [6.07, 6.45) is 0.595. The Hall–Kier alpha value is -2.65. The SMILES string of the molecule is Cc1cnc(Br)cc1-n1c(C)cc(OC(O)c2ncc(F)cc2F)cc1=O. The molecule has 0 saturated carbocycles. The maximum absolute atomic E-state index is 13.7. The number of hydrogen-bond donors (Lipinski definition) is 1. The molecule has 3 aromatic heterocycles. The largest absolute Gasteiger partial charge is 0.459 e. The Morgan fingerprint density at radius 1 is 1.15 bits per heavy atom. The molecular weight excluding hydrogens is 424 g/mol. The zero-order valence-electron chi connectivity index (χ0n) is 14.3. The quantitative estimate of drug-likeness (QED) is 0.500. The second-order valence-corrected chi connectivity index (χ2v) is 6.60. The summed E-state index contributed by atoms with van der Waals surface area (Å²) in [7, 11) is 0. The van der Waals surface area contributed by atoms with Crippen LogP contribution in [0, 0.1) is 25.5 Å². The van der Waals surface area contributed by atoms with E-state index in [1.807, 2.05) is 6.92 Å². The summed E-state index contributed by atoms with van der Waals surface area (Å²) in [6, 6.07) is 4.96. The highest BCUT2D eigenvalue weighted by Gasteiger charge is 2.18. The predicted octanol–water partition coefficient (Wildman–Crippen LogP) is 3.35. The van der Waals surface area contributed by atoms with Gasteiger partial charge in [0, 0.05) is 30.1 Å². The summed E-state index contributed by atoms with van der Waals surface area (Å²) < 4.78 is 33.9. The summed E-state index contributed by atoms with van der Waals surface area (Å²) in [4.78, 5) is 20.2. The van der Waals surface area contributed by atoms with Gasteiger partial charge in [-0.1, -0.05) is 0 Å². The number of hydrogen-bond acceptors (Lipinski definition) is 5. The van der Waals surface area contributed by atoms with Gasteiger partial charge in [0.05, 0.1) is 11.9 Å². The molecule has 1 N–H and O–H groups in total. The minimum atomic E-state index is -1.79. The Bertz CT molecular complexity index is 1070. The molecule has 3 aromatic rings. The topological polar surface area (TPSA) is 77.2 Å². The molecule has 0 fully saturated rings. The molecule has 0 radical (unpaired) electrons. The van der Waals surface area contributed by atoms with Crippen LogP contribution in [0.25, 0.3) is 5.69 Å². The van der Waals surface area contributed by atoms with Gasteiger partial charge in [0.25, 0.3) is 5.56 Å². The van der Waals surface area contributed by atoms with Crippen LogP contribution < -0.4 is 10.3 Å². The maximum Gasteiger partial charge on any atom is 0.259 e. The first kappa shape index (κ1) is 19.1. The minimum absolute atomic E-state index is 0.0255. The van der Waals surface area contributed by atoms with Gasteiger partial charge in [-0.2, -0.15) is 0 Å². The first-order chi connectivity index (χ1) is 12.8. The first-order valence-corrected chi connectivity index (χ1v) is 8.57. The van der Waals surface area contributed by atoms with E-state index in [1.54, 1.807) is 19.2 Å². The number of aryl methyl sites for hydroxylation is 2. The van der Waals surface area contributed by atoms with Crippen molar-refractivity contribution >= 4 is 15.9 Å². The van der Waals surface area contributed by atoms with Gasteiger partial charge in [-0.15, -0.1) is 0 Å². The third-order valence-electron chi connectivity index (χ3n) is 3.79. The van der Waals surface area contributed by atoms with Crippen molar-refractivity contribution in [3.63, 3.8) is 0 Å². The molecule has 0 spiro atoms. The molecule has 6 nitrogen and oxygen atoms in total. The summed E-state index contributed by atoms with van der Waals surface area (Å²) in [6.45, 7) is 3.50. The van der Waals surface area contributed by atoms with E-state index in [0.717, 1.165) is 17.8 Å². The Kier molecular flexibility index (Phi) is 5.33. The fourth-order valence-corrected chi connectivity index (χ4v) is 2.89. The number of rotatable bonds is 4. The summed E-state index contributed by atoms with van der Waals surface area (Å²) >= 11 is 3.27. The Labute approximate surface area is 161 Å². The lowest BCUT2D eigenvalue weighted by molar-refractivity contribution is -0.0259. The Balaban J connectivity index is 1.95. The number of nitrogens with zero attached hydrogens (tertiary/aromatic N) is 3. The van der Waals surface area contributed by atoms with Crippen molar-refractivity contribution in [3.8, 4) is 11.4 Å². The van der Waals surface area contributed by atoms with Gasteiger partial charge in [-0.3, -0.25) is 9.36 Å². The molecule has 27 heavy (non-hydrogen) atoms. The lowest BCUT2D eigenvalue weighted by Crippen LogP contribution is -2.21. The average molecular weight is 438 g/mol. The van der Waals surface area contributed by atoms with E-state index in [-0.39, 0.29) is 5.75 Å². The molecule has 3 rings (SSSR count). The summed E-state index contributed by atoms with van der Waals surface area (Å²) in [5.41, 5.74) is 1.06. The molecule has 0 amide bonds. The fourth-order valence-electron chi connectivity index (χ4n) is 2.57. The van der Waals surface area contributed by atoms with Gasteiger partial charge in [-0.25, -0.2) is 18.7 Å². The second-order valence-electron chi connectivity index (χ2n) is 5.79. The number of pyridine rings is 3. The molecule has 0 aliphatic carbocycles. The van der Waals surface area contributed by atoms with Crippen LogP contribution in [0.2, 0.25) is 0 Å². The summed E-state index contributed by atoms with van der Waals surface area (Å²) in [5, 5.41) is 10.0. The van der Waals surface area contributed by atoms with Crippen LogP contribution in [-0.4, -0.2) is 19.6 Å². The lowest BCUT2D eigenvalue weighted by atomic mass is 10.2. The fraction of sp³-hybridized carbons (Fsp3) is 0.167. The molecule has 9 heteroatoms. The summed E-state index contributed by atoms with van der Waals surface area (Å²) in [5.74, 6) is -1.90. The number of aliphatic hydroxyl groups is 1. The highest BCUT2D eigenvalue weighted by atomic mass is 79.9. The van der Waals surface area contributed by atoms with Crippen molar-refractivity contribution in [3.05, 3.63) is 80.2 Å².